The van der Waals surface area contributed by atoms with E-state index in [0.717, 1.165) is 22.7 Å². The van der Waals surface area contributed by atoms with Gasteiger partial charge in [0.1, 0.15) is 0 Å². The number of imidazole rings is 1. The fourth-order valence-electron chi connectivity index (χ4n) is 1.57. The van der Waals surface area contributed by atoms with Crippen LogP contribution in [-0.2, 0) is 4.74 Å². The Labute approximate surface area is 128 Å². The minimum absolute atomic E-state index is 0.653. The highest BCUT2D eigenvalue weighted by Gasteiger charge is 2.07. The average Bonchev–Trinajstić information content (AvgIpc) is 2.78. The van der Waals surface area contributed by atoms with Crippen LogP contribution in [0.25, 0.3) is 5.69 Å². The summed E-state index contributed by atoms with van der Waals surface area (Å²) in [6.07, 6.45) is 3.71. The molecule has 1 N–H and O–H groups in total. The van der Waals surface area contributed by atoms with Gasteiger partial charge in [0.25, 0.3) is 0 Å². The largest absolute Gasteiger partial charge is 0.383 e. The number of halogens is 2. The van der Waals surface area contributed by atoms with E-state index in [4.69, 9.17) is 4.74 Å². The molecule has 6 heteroatoms. The van der Waals surface area contributed by atoms with Crippen molar-refractivity contribution in [1.29, 1.82) is 0 Å². The smallest absolute Gasteiger partial charge is 0.207 e. The van der Waals surface area contributed by atoms with E-state index < -0.39 is 0 Å². The van der Waals surface area contributed by atoms with Crippen molar-refractivity contribution >= 4 is 44.5 Å². The lowest BCUT2D eigenvalue weighted by molar-refractivity contribution is 0.210. The van der Waals surface area contributed by atoms with Crippen molar-refractivity contribution < 1.29 is 4.74 Å². The molecule has 0 aliphatic carbocycles. The second-order valence-electron chi connectivity index (χ2n) is 3.64. The van der Waals surface area contributed by atoms with E-state index >= 15 is 0 Å². The minimum Gasteiger partial charge on any atom is -0.383 e. The molecule has 2 rings (SSSR count). The van der Waals surface area contributed by atoms with Crippen molar-refractivity contribution in [2.75, 3.05) is 25.6 Å². The topological polar surface area (TPSA) is 39.1 Å². The van der Waals surface area contributed by atoms with E-state index in [-0.39, 0.29) is 0 Å². The molecule has 0 atom stereocenters. The molecule has 0 spiro atoms. The fourth-order valence-corrected chi connectivity index (χ4v) is 3.06. The van der Waals surface area contributed by atoms with Crippen molar-refractivity contribution in [2.45, 2.75) is 0 Å². The van der Waals surface area contributed by atoms with Crippen molar-refractivity contribution in [3.8, 4) is 5.69 Å². The summed E-state index contributed by atoms with van der Waals surface area (Å²) in [5.74, 6) is 0.814. The number of methoxy groups -OCH3 is 1. The first-order valence-electron chi connectivity index (χ1n) is 5.44. The molecule has 18 heavy (non-hydrogen) atoms. The first kappa shape index (κ1) is 13.8. The first-order valence-corrected chi connectivity index (χ1v) is 7.31. The molecular formula is C12H13BrIN3O. The number of hydrogen-bond donors (Lipinski definition) is 1. The maximum absolute atomic E-state index is 5.02. The van der Waals surface area contributed by atoms with E-state index in [1.807, 2.05) is 10.8 Å². The maximum Gasteiger partial charge on any atom is 0.207 e. The van der Waals surface area contributed by atoms with Crippen molar-refractivity contribution in [2.24, 2.45) is 0 Å². The Bertz CT molecular complexity index is 530. The predicted molar refractivity (Wildman–Crippen MR) is 84.3 cm³/mol. The van der Waals surface area contributed by atoms with Crippen LogP contribution in [-0.4, -0.2) is 29.8 Å². The summed E-state index contributed by atoms with van der Waals surface area (Å²) in [5.41, 5.74) is 1.06. The second-order valence-corrected chi connectivity index (χ2v) is 5.74. The van der Waals surface area contributed by atoms with Crippen molar-refractivity contribution in [1.82, 2.24) is 9.55 Å². The third-order valence-corrected chi connectivity index (χ3v) is 3.71. The molecule has 1 heterocycles. The molecule has 2 aromatic rings. The van der Waals surface area contributed by atoms with Crippen molar-refractivity contribution in [3.05, 3.63) is 38.6 Å². The van der Waals surface area contributed by atoms with Crippen LogP contribution in [0.15, 0.2) is 35.1 Å². The summed E-state index contributed by atoms with van der Waals surface area (Å²) in [7, 11) is 1.68. The highest BCUT2D eigenvalue weighted by atomic mass is 127. The number of nitrogens with zero attached hydrogens (tertiary/aromatic N) is 2. The van der Waals surface area contributed by atoms with Crippen LogP contribution < -0.4 is 5.32 Å². The monoisotopic (exact) mass is 421 g/mol. The molecule has 0 saturated carbocycles. The van der Waals surface area contributed by atoms with E-state index in [2.05, 4.69) is 67.0 Å². The quantitative estimate of drug-likeness (QED) is 0.594. The third kappa shape index (κ3) is 3.24. The Morgan fingerprint density at radius 1 is 1.50 bits per heavy atom. The van der Waals surface area contributed by atoms with E-state index in [9.17, 15) is 0 Å². The SMILES string of the molecule is COCCNc1nccn1-c1ccc(I)cc1Br. The molecule has 0 saturated heterocycles. The zero-order chi connectivity index (χ0) is 13.0. The highest BCUT2D eigenvalue weighted by Crippen LogP contribution is 2.25. The van der Waals surface area contributed by atoms with Gasteiger partial charge in [-0.1, -0.05) is 0 Å². The van der Waals surface area contributed by atoms with Crippen LogP contribution in [0.3, 0.4) is 0 Å². The number of anilines is 1. The Morgan fingerprint density at radius 3 is 3.06 bits per heavy atom. The second kappa shape index (κ2) is 6.53. The molecule has 0 bridgehead atoms. The summed E-state index contributed by atoms with van der Waals surface area (Å²) in [6.45, 7) is 1.39. The minimum atomic E-state index is 0.653. The van der Waals surface area contributed by atoms with Crippen molar-refractivity contribution in [3.63, 3.8) is 0 Å². The van der Waals surface area contributed by atoms with E-state index in [1.54, 1.807) is 13.3 Å². The summed E-state index contributed by atoms with van der Waals surface area (Å²) < 4.78 is 9.26. The number of aromatic nitrogens is 2. The first-order chi connectivity index (χ1) is 8.72. The third-order valence-electron chi connectivity index (χ3n) is 2.40. The zero-order valence-corrected chi connectivity index (χ0v) is 13.6. The lowest BCUT2D eigenvalue weighted by Gasteiger charge is -2.11. The molecule has 0 aliphatic heterocycles. The number of hydrogen-bond acceptors (Lipinski definition) is 3. The number of ether oxygens (including phenoxy) is 1. The van der Waals surface area contributed by atoms with Gasteiger partial charge in [0.2, 0.25) is 5.95 Å². The van der Waals surface area contributed by atoms with Gasteiger partial charge >= 0.3 is 0 Å². The Morgan fingerprint density at radius 2 is 2.33 bits per heavy atom. The standard InChI is InChI=1S/C12H13BrIN3O/c1-18-7-5-16-12-15-4-6-17(12)11-3-2-9(14)8-10(11)13/h2-4,6,8H,5,7H2,1H3,(H,15,16). The summed E-state index contributed by atoms with van der Waals surface area (Å²) >= 11 is 5.87. The number of nitrogens with one attached hydrogen (secondary N) is 1. The van der Waals surface area contributed by atoms with Gasteiger partial charge in [0.05, 0.1) is 12.3 Å². The van der Waals surface area contributed by atoms with Crippen LogP contribution in [0.2, 0.25) is 0 Å². The van der Waals surface area contributed by atoms with Gasteiger partial charge in [-0.15, -0.1) is 0 Å². The molecule has 96 valence electrons. The highest BCUT2D eigenvalue weighted by molar-refractivity contribution is 14.1. The fraction of sp³-hybridized carbons (Fsp3) is 0.250. The molecule has 0 unspecified atom stereocenters. The van der Waals surface area contributed by atoms with Gasteiger partial charge in [0, 0.05) is 34.1 Å². The maximum atomic E-state index is 5.02. The normalized spacial score (nSPS) is 10.6. The predicted octanol–water partition coefficient (Wildman–Crippen LogP) is 3.30. The molecular weight excluding hydrogens is 409 g/mol. The Hall–Kier alpha value is -0.600. The number of benzene rings is 1. The molecule has 0 radical (unpaired) electrons. The van der Waals surface area contributed by atoms with Crippen LogP contribution >= 0.6 is 38.5 Å². The Kier molecular flexibility index (Phi) is 5.02. The van der Waals surface area contributed by atoms with Gasteiger partial charge in [0.15, 0.2) is 0 Å². The number of rotatable bonds is 5. The van der Waals surface area contributed by atoms with Gasteiger partial charge in [-0.25, -0.2) is 4.98 Å². The molecule has 1 aromatic carbocycles. The van der Waals surface area contributed by atoms with E-state index in [0.29, 0.717) is 6.61 Å². The summed E-state index contributed by atoms with van der Waals surface area (Å²) in [6, 6.07) is 6.21. The summed E-state index contributed by atoms with van der Waals surface area (Å²) in [4.78, 5) is 4.30. The van der Waals surface area contributed by atoms with Crippen LogP contribution in [0.1, 0.15) is 0 Å². The summed E-state index contributed by atoms with van der Waals surface area (Å²) in [5, 5.41) is 3.24. The van der Waals surface area contributed by atoms with Gasteiger partial charge in [-0.2, -0.15) is 0 Å². The molecule has 0 aliphatic rings. The molecule has 0 amide bonds. The lowest BCUT2D eigenvalue weighted by Crippen LogP contribution is -2.11. The van der Waals surface area contributed by atoms with Gasteiger partial charge in [-0.05, 0) is 56.7 Å². The molecule has 4 nitrogen and oxygen atoms in total. The zero-order valence-electron chi connectivity index (χ0n) is 9.86. The average molecular weight is 422 g/mol. The molecule has 1 aromatic heterocycles. The molecule has 0 fully saturated rings. The van der Waals surface area contributed by atoms with Crippen LogP contribution in [0, 0.1) is 3.57 Å². The van der Waals surface area contributed by atoms with Gasteiger partial charge < -0.3 is 10.1 Å². The Balaban J connectivity index is 2.25. The lowest BCUT2D eigenvalue weighted by atomic mass is 10.3. The van der Waals surface area contributed by atoms with Crippen LogP contribution in [0.4, 0.5) is 5.95 Å². The van der Waals surface area contributed by atoms with E-state index in [1.165, 1.54) is 3.57 Å². The van der Waals surface area contributed by atoms with Gasteiger partial charge in [-0.3, -0.25) is 4.57 Å². The van der Waals surface area contributed by atoms with Crippen LogP contribution in [0.5, 0.6) is 0 Å².